The zero-order valence-corrected chi connectivity index (χ0v) is 11.6. The highest BCUT2D eigenvalue weighted by molar-refractivity contribution is 7.98. The molecule has 0 aliphatic rings. The van der Waals surface area contributed by atoms with Gasteiger partial charge in [0.2, 0.25) is 0 Å². The third-order valence-corrected chi connectivity index (χ3v) is 3.89. The Morgan fingerprint density at radius 3 is 2.53 bits per heavy atom. The summed E-state index contributed by atoms with van der Waals surface area (Å²) in [7, 11) is 0. The van der Waals surface area contributed by atoms with Gasteiger partial charge in [-0.3, -0.25) is 0 Å². The zero-order valence-electron chi connectivity index (χ0n) is 10.8. The Morgan fingerprint density at radius 2 is 1.89 bits per heavy atom. The molecule has 1 heterocycles. The van der Waals surface area contributed by atoms with Gasteiger partial charge in [0, 0.05) is 5.75 Å². The molecule has 0 spiro atoms. The second-order valence-electron chi connectivity index (χ2n) is 4.17. The molecule has 1 aromatic carbocycles. The van der Waals surface area contributed by atoms with Crippen LogP contribution in [0.4, 0.5) is 0 Å². The fourth-order valence-corrected chi connectivity index (χ4v) is 2.64. The largest absolute Gasteiger partial charge is 0.478 e. The summed E-state index contributed by atoms with van der Waals surface area (Å²) in [5.41, 5.74) is 2.72. The lowest BCUT2D eigenvalue weighted by Gasteiger charge is -2.08. The van der Waals surface area contributed by atoms with Gasteiger partial charge in [-0.2, -0.15) is 5.10 Å². The molecule has 5 heteroatoms. The summed E-state index contributed by atoms with van der Waals surface area (Å²) in [6.07, 6.45) is 0. The number of aromatic nitrogens is 2. The van der Waals surface area contributed by atoms with Crippen LogP contribution in [0.15, 0.2) is 35.4 Å². The molecule has 0 aliphatic heterocycles. The van der Waals surface area contributed by atoms with Gasteiger partial charge >= 0.3 is 5.97 Å². The van der Waals surface area contributed by atoms with Crippen LogP contribution in [0.3, 0.4) is 0 Å². The van der Waals surface area contributed by atoms with Crippen molar-refractivity contribution in [3.8, 4) is 0 Å². The molecule has 1 aromatic heterocycles. The first kappa shape index (κ1) is 13.5. The fourth-order valence-electron chi connectivity index (χ4n) is 1.67. The monoisotopic (exact) mass is 274 g/mol. The molecule has 2 rings (SSSR count). The minimum absolute atomic E-state index is 0.258. The van der Waals surface area contributed by atoms with Crippen LogP contribution < -0.4 is 0 Å². The third kappa shape index (κ3) is 3.12. The highest BCUT2D eigenvalue weighted by Gasteiger charge is 2.17. The molecule has 0 unspecified atom stereocenters. The number of aromatic carboxylic acids is 1. The Balaban J connectivity index is 2.26. The molecular weight excluding hydrogens is 260 g/mol. The van der Waals surface area contributed by atoms with E-state index in [-0.39, 0.29) is 5.56 Å². The van der Waals surface area contributed by atoms with Crippen LogP contribution in [-0.4, -0.2) is 21.3 Å². The number of hydrogen-bond acceptors (Lipinski definition) is 4. The number of carboxylic acid groups (broad SMARTS) is 1. The van der Waals surface area contributed by atoms with E-state index in [1.807, 2.05) is 30.3 Å². The smallest absolute Gasteiger partial charge is 0.338 e. The normalized spacial score (nSPS) is 10.4. The van der Waals surface area contributed by atoms with E-state index < -0.39 is 5.97 Å². The van der Waals surface area contributed by atoms with E-state index in [2.05, 4.69) is 10.2 Å². The van der Waals surface area contributed by atoms with Crippen molar-refractivity contribution in [1.82, 2.24) is 10.2 Å². The highest BCUT2D eigenvalue weighted by atomic mass is 32.2. The van der Waals surface area contributed by atoms with Gasteiger partial charge in [-0.05, 0) is 25.0 Å². The van der Waals surface area contributed by atoms with Crippen LogP contribution in [0.2, 0.25) is 0 Å². The fraction of sp³-hybridized carbons (Fsp3) is 0.214. The van der Waals surface area contributed by atoms with Crippen LogP contribution >= 0.6 is 11.8 Å². The Morgan fingerprint density at radius 1 is 1.21 bits per heavy atom. The summed E-state index contributed by atoms with van der Waals surface area (Å²) >= 11 is 1.40. The quantitative estimate of drug-likeness (QED) is 0.868. The lowest BCUT2D eigenvalue weighted by atomic mass is 10.1. The van der Waals surface area contributed by atoms with Crippen molar-refractivity contribution < 1.29 is 9.90 Å². The molecule has 1 N–H and O–H groups in total. The van der Waals surface area contributed by atoms with E-state index in [1.165, 1.54) is 11.8 Å². The molecule has 0 atom stereocenters. The second kappa shape index (κ2) is 5.84. The van der Waals surface area contributed by atoms with Gasteiger partial charge in [0.05, 0.1) is 11.3 Å². The first-order chi connectivity index (χ1) is 9.09. The second-order valence-corrected chi connectivity index (χ2v) is 5.13. The number of carboxylic acids is 1. The van der Waals surface area contributed by atoms with Crippen molar-refractivity contribution >= 4 is 17.7 Å². The zero-order chi connectivity index (χ0) is 13.8. The molecule has 98 valence electrons. The van der Waals surface area contributed by atoms with E-state index in [9.17, 15) is 9.90 Å². The maximum Gasteiger partial charge on any atom is 0.338 e. The Bertz CT molecular complexity index is 600. The van der Waals surface area contributed by atoms with Crippen molar-refractivity contribution in [2.75, 3.05) is 0 Å². The van der Waals surface area contributed by atoms with Gasteiger partial charge in [-0.25, -0.2) is 4.79 Å². The van der Waals surface area contributed by atoms with Crippen LogP contribution in [0.25, 0.3) is 0 Å². The lowest BCUT2D eigenvalue weighted by molar-refractivity contribution is 0.0690. The van der Waals surface area contributed by atoms with E-state index in [0.717, 1.165) is 5.56 Å². The molecule has 19 heavy (non-hydrogen) atoms. The Kier molecular flexibility index (Phi) is 4.16. The SMILES string of the molecule is Cc1nnc(SCc2ccccc2)c(C(=O)O)c1C. The molecular formula is C14H14N2O2S. The predicted molar refractivity (Wildman–Crippen MR) is 74.5 cm³/mol. The van der Waals surface area contributed by atoms with E-state index in [0.29, 0.717) is 22.0 Å². The number of benzene rings is 1. The molecule has 0 fully saturated rings. The van der Waals surface area contributed by atoms with Crippen molar-refractivity contribution in [1.29, 1.82) is 0 Å². The Hall–Kier alpha value is -1.88. The van der Waals surface area contributed by atoms with Crippen molar-refractivity contribution in [2.24, 2.45) is 0 Å². The maximum atomic E-state index is 11.3. The van der Waals surface area contributed by atoms with Gasteiger partial charge in [0.25, 0.3) is 0 Å². The van der Waals surface area contributed by atoms with Gasteiger partial charge in [0.1, 0.15) is 5.03 Å². The van der Waals surface area contributed by atoms with Crippen LogP contribution in [-0.2, 0) is 5.75 Å². The van der Waals surface area contributed by atoms with E-state index in [1.54, 1.807) is 13.8 Å². The van der Waals surface area contributed by atoms with Gasteiger partial charge in [-0.1, -0.05) is 42.1 Å². The lowest BCUT2D eigenvalue weighted by Crippen LogP contribution is -2.08. The van der Waals surface area contributed by atoms with Crippen LogP contribution in [0.5, 0.6) is 0 Å². The summed E-state index contributed by atoms with van der Waals surface area (Å²) in [5, 5.41) is 17.8. The molecule has 0 saturated carbocycles. The molecule has 0 aliphatic carbocycles. The first-order valence-electron chi connectivity index (χ1n) is 5.83. The van der Waals surface area contributed by atoms with Crippen molar-refractivity contribution in [3.63, 3.8) is 0 Å². The minimum atomic E-state index is -0.953. The number of hydrogen-bond donors (Lipinski definition) is 1. The molecule has 2 aromatic rings. The summed E-state index contributed by atoms with van der Waals surface area (Å²) < 4.78 is 0. The molecule has 0 radical (unpaired) electrons. The number of nitrogens with zero attached hydrogens (tertiary/aromatic N) is 2. The minimum Gasteiger partial charge on any atom is -0.478 e. The highest BCUT2D eigenvalue weighted by Crippen LogP contribution is 2.26. The maximum absolute atomic E-state index is 11.3. The third-order valence-electron chi connectivity index (χ3n) is 2.85. The number of rotatable bonds is 4. The standard InChI is InChI=1S/C14H14N2O2S/c1-9-10(2)15-16-13(12(9)14(17)18)19-8-11-6-4-3-5-7-11/h3-7H,8H2,1-2H3,(H,17,18). The van der Waals surface area contributed by atoms with Crippen LogP contribution in [0, 0.1) is 13.8 Å². The number of aryl methyl sites for hydroxylation is 1. The van der Waals surface area contributed by atoms with E-state index >= 15 is 0 Å². The van der Waals surface area contributed by atoms with Gasteiger partial charge in [0.15, 0.2) is 0 Å². The molecule has 4 nitrogen and oxygen atoms in total. The molecule has 0 amide bonds. The van der Waals surface area contributed by atoms with Crippen LogP contribution in [0.1, 0.15) is 27.2 Å². The number of thioether (sulfide) groups is 1. The number of carbonyl (C=O) groups is 1. The first-order valence-corrected chi connectivity index (χ1v) is 6.82. The van der Waals surface area contributed by atoms with Crippen molar-refractivity contribution in [2.45, 2.75) is 24.6 Å². The van der Waals surface area contributed by atoms with Gasteiger partial charge in [-0.15, -0.1) is 5.10 Å². The average Bonchev–Trinajstić information content (AvgIpc) is 2.41. The summed E-state index contributed by atoms with van der Waals surface area (Å²) in [6, 6.07) is 9.87. The molecule has 0 bridgehead atoms. The summed E-state index contributed by atoms with van der Waals surface area (Å²) in [5.74, 6) is -0.274. The molecule has 0 saturated heterocycles. The summed E-state index contributed by atoms with van der Waals surface area (Å²) in [6.45, 7) is 3.53. The Labute approximate surface area is 115 Å². The van der Waals surface area contributed by atoms with Crippen molar-refractivity contribution in [3.05, 3.63) is 52.7 Å². The van der Waals surface area contributed by atoms with Gasteiger partial charge < -0.3 is 5.11 Å². The predicted octanol–water partition coefficient (Wildman–Crippen LogP) is 3.08. The van der Waals surface area contributed by atoms with E-state index in [4.69, 9.17) is 0 Å². The topological polar surface area (TPSA) is 63.1 Å². The summed E-state index contributed by atoms with van der Waals surface area (Å²) in [4.78, 5) is 11.3. The average molecular weight is 274 g/mol.